The fourth-order valence-corrected chi connectivity index (χ4v) is 3.55. The molecule has 0 fully saturated rings. The van der Waals surface area contributed by atoms with Crippen molar-refractivity contribution in [1.29, 1.82) is 0 Å². The molecule has 3 heterocycles. The lowest BCUT2D eigenvalue weighted by Gasteiger charge is -2.07. The summed E-state index contributed by atoms with van der Waals surface area (Å²) < 4.78 is 3.66. The second-order valence-corrected chi connectivity index (χ2v) is 7.44. The first-order chi connectivity index (χ1) is 14.0. The van der Waals surface area contributed by atoms with Crippen molar-refractivity contribution in [2.75, 3.05) is 6.54 Å². The van der Waals surface area contributed by atoms with Gasteiger partial charge in [0.15, 0.2) is 11.5 Å². The summed E-state index contributed by atoms with van der Waals surface area (Å²) in [5, 5.41) is 8.68. The molecule has 0 saturated heterocycles. The van der Waals surface area contributed by atoms with Crippen LogP contribution in [-0.4, -0.2) is 31.8 Å². The summed E-state index contributed by atoms with van der Waals surface area (Å²) in [7, 11) is 0. The molecule has 4 rings (SSSR count). The number of pyridine rings is 1. The number of hydrogen-bond donors (Lipinski definition) is 1. The molecule has 0 saturated carbocycles. The van der Waals surface area contributed by atoms with E-state index in [4.69, 9.17) is 5.10 Å². The molecule has 1 amide bonds. The van der Waals surface area contributed by atoms with Gasteiger partial charge < -0.3 is 9.88 Å². The van der Waals surface area contributed by atoms with Crippen LogP contribution in [0, 0.1) is 20.8 Å². The fraction of sp³-hybridized carbons (Fsp3) is 0.261. The second-order valence-electron chi connectivity index (χ2n) is 7.44. The maximum atomic E-state index is 12.6. The van der Waals surface area contributed by atoms with Gasteiger partial charge in [0.25, 0.3) is 0 Å². The number of nitrogens with zero attached hydrogens (tertiary/aromatic N) is 4. The maximum Gasteiger partial charge on any atom is 0.241 e. The third kappa shape index (κ3) is 4.06. The Morgan fingerprint density at radius 2 is 1.79 bits per heavy atom. The highest BCUT2D eigenvalue weighted by Gasteiger charge is 2.17. The first-order valence-electron chi connectivity index (χ1n) is 9.81. The van der Waals surface area contributed by atoms with Crippen molar-refractivity contribution in [3.05, 3.63) is 77.2 Å². The average Bonchev–Trinajstić information content (AvgIpc) is 3.32. The van der Waals surface area contributed by atoms with Crippen LogP contribution in [0.5, 0.6) is 0 Å². The summed E-state index contributed by atoms with van der Waals surface area (Å²) in [6.45, 7) is 6.82. The molecule has 0 radical (unpaired) electrons. The Morgan fingerprint density at radius 1 is 1.07 bits per heavy atom. The van der Waals surface area contributed by atoms with Crippen molar-refractivity contribution in [3.8, 4) is 5.82 Å². The maximum absolute atomic E-state index is 12.6. The van der Waals surface area contributed by atoms with Crippen LogP contribution in [0.15, 0.2) is 54.9 Å². The standard InChI is InChI=1S/C23H25N5O/c1-16-6-8-19(9-7-16)10-11-24-20(29)15-28-22-21(17(2)14-18(3)25-22)23(26-28)27-12-4-5-13-27/h4-9,12-14H,10-11,15H2,1-3H3,(H,24,29). The number of carbonyl (C=O) groups excluding carboxylic acids is 1. The summed E-state index contributed by atoms with van der Waals surface area (Å²) in [6.07, 6.45) is 4.71. The molecule has 29 heavy (non-hydrogen) atoms. The predicted molar refractivity (Wildman–Crippen MR) is 114 cm³/mol. The first-order valence-corrected chi connectivity index (χ1v) is 9.81. The molecule has 0 aliphatic rings. The van der Waals surface area contributed by atoms with E-state index in [1.807, 2.05) is 42.1 Å². The number of fused-ring (bicyclic) bond motifs is 1. The van der Waals surface area contributed by atoms with Crippen LogP contribution in [0.3, 0.4) is 0 Å². The number of aryl methyl sites for hydroxylation is 3. The lowest BCUT2D eigenvalue weighted by Crippen LogP contribution is -2.29. The van der Waals surface area contributed by atoms with Crippen molar-refractivity contribution >= 4 is 16.9 Å². The number of benzene rings is 1. The molecule has 0 spiro atoms. The van der Waals surface area contributed by atoms with E-state index in [-0.39, 0.29) is 12.5 Å². The minimum Gasteiger partial charge on any atom is -0.354 e. The van der Waals surface area contributed by atoms with Crippen LogP contribution in [0.1, 0.15) is 22.4 Å². The van der Waals surface area contributed by atoms with Gasteiger partial charge in [0.05, 0.1) is 5.39 Å². The van der Waals surface area contributed by atoms with Crippen LogP contribution in [-0.2, 0) is 17.8 Å². The number of nitrogens with one attached hydrogen (secondary N) is 1. The third-order valence-corrected chi connectivity index (χ3v) is 5.01. The Hall–Kier alpha value is -3.41. The van der Waals surface area contributed by atoms with E-state index in [9.17, 15) is 4.79 Å². The molecule has 0 bridgehead atoms. The Labute approximate surface area is 170 Å². The van der Waals surface area contributed by atoms with Crippen LogP contribution in [0.4, 0.5) is 0 Å². The number of hydrogen-bond acceptors (Lipinski definition) is 3. The molecule has 0 atom stereocenters. The molecule has 1 N–H and O–H groups in total. The first kappa shape index (κ1) is 18.9. The van der Waals surface area contributed by atoms with Crippen molar-refractivity contribution in [2.45, 2.75) is 33.7 Å². The number of rotatable bonds is 6. The Bertz CT molecular complexity index is 1140. The summed E-state index contributed by atoms with van der Waals surface area (Å²) in [4.78, 5) is 17.2. The van der Waals surface area contributed by atoms with Crippen LogP contribution in [0.2, 0.25) is 0 Å². The molecule has 3 aromatic heterocycles. The van der Waals surface area contributed by atoms with Gasteiger partial charge in [-0.1, -0.05) is 29.8 Å². The lowest BCUT2D eigenvalue weighted by molar-refractivity contribution is -0.121. The van der Waals surface area contributed by atoms with Crippen molar-refractivity contribution < 1.29 is 4.79 Å². The van der Waals surface area contributed by atoms with E-state index in [1.165, 1.54) is 11.1 Å². The van der Waals surface area contributed by atoms with E-state index in [0.29, 0.717) is 6.54 Å². The second kappa shape index (κ2) is 7.91. The topological polar surface area (TPSA) is 64.7 Å². The average molecular weight is 387 g/mol. The van der Waals surface area contributed by atoms with Gasteiger partial charge in [-0.15, -0.1) is 0 Å². The van der Waals surface area contributed by atoms with Crippen LogP contribution >= 0.6 is 0 Å². The lowest BCUT2D eigenvalue weighted by atomic mass is 10.1. The molecule has 6 nitrogen and oxygen atoms in total. The van der Waals surface area contributed by atoms with Crippen LogP contribution < -0.4 is 5.32 Å². The summed E-state index contributed by atoms with van der Waals surface area (Å²) in [6, 6.07) is 14.3. The minimum absolute atomic E-state index is 0.0680. The predicted octanol–water partition coefficient (Wildman–Crippen LogP) is 3.51. The summed E-state index contributed by atoms with van der Waals surface area (Å²) in [5.74, 6) is 0.726. The minimum atomic E-state index is -0.0680. The molecular weight excluding hydrogens is 362 g/mol. The van der Waals surface area contributed by atoms with Gasteiger partial charge in [0.1, 0.15) is 6.54 Å². The smallest absolute Gasteiger partial charge is 0.241 e. The van der Waals surface area contributed by atoms with Gasteiger partial charge in [0.2, 0.25) is 5.91 Å². The monoisotopic (exact) mass is 387 g/mol. The third-order valence-electron chi connectivity index (χ3n) is 5.01. The largest absolute Gasteiger partial charge is 0.354 e. The van der Waals surface area contributed by atoms with Gasteiger partial charge in [-0.2, -0.15) is 5.10 Å². The van der Waals surface area contributed by atoms with Crippen molar-refractivity contribution in [3.63, 3.8) is 0 Å². The normalized spacial score (nSPS) is 11.1. The molecular formula is C23H25N5O. The molecule has 0 aliphatic heterocycles. The molecule has 6 heteroatoms. The Balaban J connectivity index is 1.52. The van der Waals surface area contributed by atoms with Gasteiger partial charge in [-0.3, -0.25) is 4.79 Å². The van der Waals surface area contributed by atoms with E-state index in [1.54, 1.807) is 4.68 Å². The molecule has 1 aromatic carbocycles. The van der Waals surface area contributed by atoms with Gasteiger partial charge in [-0.25, -0.2) is 9.67 Å². The SMILES string of the molecule is Cc1ccc(CCNC(=O)Cn2nc(-n3cccc3)c3c(C)cc(C)nc32)cc1. The van der Waals surface area contributed by atoms with E-state index in [0.717, 1.165) is 34.5 Å². The zero-order valence-corrected chi connectivity index (χ0v) is 17.0. The van der Waals surface area contributed by atoms with Gasteiger partial charge >= 0.3 is 0 Å². The van der Waals surface area contributed by atoms with Crippen LogP contribution in [0.25, 0.3) is 16.9 Å². The summed E-state index contributed by atoms with van der Waals surface area (Å²) >= 11 is 0. The van der Waals surface area contributed by atoms with Crippen molar-refractivity contribution in [2.24, 2.45) is 0 Å². The van der Waals surface area contributed by atoms with Gasteiger partial charge in [0, 0.05) is 24.6 Å². The number of carbonyl (C=O) groups is 1. The van der Waals surface area contributed by atoms with E-state index >= 15 is 0 Å². The van der Waals surface area contributed by atoms with Crippen molar-refractivity contribution in [1.82, 2.24) is 24.6 Å². The molecule has 4 aromatic rings. The molecule has 148 valence electrons. The summed E-state index contributed by atoms with van der Waals surface area (Å²) in [5.41, 5.74) is 5.19. The Kier molecular flexibility index (Phi) is 5.16. The zero-order valence-electron chi connectivity index (χ0n) is 17.0. The number of aromatic nitrogens is 4. The highest BCUT2D eigenvalue weighted by molar-refractivity contribution is 5.88. The molecule has 0 aliphatic carbocycles. The van der Waals surface area contributed by atoms with E-state index < -0.39 is 0 Å². The quantitative estimate of drug-likeness (QED) is 0.551. The molecule has 0 unspecified atom stereocenters. The fourth-order valence-electron chi connectivity index (χ4n) is 3.55. The number of amides is 1. The highest BCUT2D eigenvalue weighted by atomic mass is 16.2. The van der Waals surface area contributed by atoms with E-state index in [2.05, 4.69) is 48.4 Å². The zero-order chi connectivity index (χ0) is 20.4. The highest BCUT2D eigenvalue weighted by Crippen LogP contribution is 2.25. The van der Waals surface area contributed by atoms with Gasteiger partial charge in [-0.05, 0) is 56.5 Å². The Morgan fingerprint density at radius 3 is 2.52 bits per heavy atom.